The fraction of sp³-hybridized carbons (Fsp3) is 0.304. The highest BCUT2D eigenvalue weighted by Crippen LogP contribution is 2.18. The first-order valence-corrected chi connectivity index (χ1v) is 10.3. The second-order valence-electron chi connectivity index (χ2n) is 6.94. The molecule has 2 rings (SSSR count). The average Bonchev–Trinajstić information content (AvgIpc) is 2.78. The molecule has 170 valence electrons. The smallest absolute Gasteiger partial charge is 0.343 e. The van der Waals surface area contributed by atoms with Crippen LogP contribution in [0.4, 0.5) is 5.69 Å². The number of nitrogens with one attached hydrogen (secondary N) is 1. The Bertz CT molecular complexity index is 951. The van der Waals surface area contributed by atoms with Gasteiger partial charge in [-0.05, 0) is 61.4 Å². The van der Waals surface area contributed by atoms with Gasteiger partial charge >= 0.3 is 11.9 Å². The third-order valence-corrected chi connectivity index (χ3v) is 4.40. The van der Waals surface area contributed by atoms with Gasteiger partial charge < -0.3 is 26.3 Å². The quantitative estimate of drug-likeness (QED) is 0.169. The molecule has 0 bridgehead atoms. The Morgan fingerprint density at radius 1 is 0.938 bits per heavy atom. The van der Waals surface area contributed by atoms with Crippen molar-refractivity contribution in [1.29, 1.82) is 0 Å². The lowest BCUT2D eigenvalue weighted by atomic mass is 10.2. The molecule has 1 unspecified atom stereocenters. The number of amides is 1. The predicted octanol–water partition coefficient (Wildman–Crippen LogP) is 2.66. The molecule has 2 aromatic rings. The highest BCUT2D eigenvalue weighted by molar-refractivity contribution is 5.93. The highest BCUT2D eigenvalue weighted by atomic mass is 16.5. The van der Waals surface area contributed by atoms with Crippen LogP contribution < -0.4 is 21.5 Å². The number of guanidine groups is 1. The fourth-order valence-electron chi connectivity index (χ4n) is 2.67. The molecule has 0 saturated carbocycles. The Kier molecular flexibility index (Phi) is 9.22. The van der Waals surface area contributed by atoms with E-state index in [2.05, 4.69) is 10.3 Å². The molecule has 0 aliphatic carbocycles. The second-order valence-corrected chi connectivity index (χ2v) is 6.94. The van der Waals surface area contributed by atoms with Gasteiger partial charge in [0.05, 0.1) is 16.8 Å². The van der Waals surface area contributed by atoms with Crippen LogP contribution in [0.25, 0.3) is 0 Å². The fourth-order valence-corrected chi connectivity index (χ4v) is 2.67. The molecule has 0 radical (unpaired) electrons. The minimum Gasteiger partial charge on any atom is -0.449 e. The molecule has 9 nitrogen and oxygen atoms in total. The second kappa shape index (κ2) is 12.1. The van der Waals surface area contributed by atoms with Crippen LogP contribution in [0.5, 0.6) is 5.75 Å². The van der Waals surface area contributed by atoms with Crippen molar-refractivity contribution in [2.45, 2.75) is 39.2 Å². The number of hydrogen-bond acceptors (Lipinski definition) is 6. The van der Waals surface area contributed by atoms with E-state index in [4.69, 9.17) is 20.9 Å². The summed E-state index contributed by atoms with van der Waals surface area (Å²) in [7, 11) is 0. The third kappa shape index (κ3) is 7.42. The number of ether oxygens (including phenoxy) is 2. The highest BCUT2D eigenvalue weighted by Gasteiger charge is 2.21. The third-order valence-electron chi connectivity index (χ3n) is 4.40. The van der Waals surface area contributed by atoms with E-state index >= 15 is 0 Å². The van der Waals surface area contributed by atoms with Gasteiger partial charge in [-0.3, -0.25) is 4.79 Å². The Morgan fingerprint density at radius 2 is 1.53 bits per heavy atom. The molecule has 0 fully saturated rings. The number of unbranched alkanes of at least 4 members (excludes halogenated alkanes) is 1. The zero-order valence-corrected chi connectivity index (χ0v) is 18.2. The maximum Gasteiger partial charge on any atom is 0.343 e. The van der Waals surface area contributed by atoms with E-state index in [0.29, 0.717) is 24.2 Å². The van der Waals surface area contributed by atoms with Gasteiger partial charge in [-0.2, -0.15) is 0 Å². The minimum absolute atomic E-state index is 0.0821. The topological polar surface area (TPSA) is 146 Å². The summed E-state index contributed by atoms with van der Waals surface area (Å²) in [5, 5.41) is 2.76. The first-order valence-electron chi connectivity index (χ1n) is 10.3. The van der Waals surface area contributed by atoms with Gasteiger partial charge in [0.2, 0.25) is 0 Å². The summed E-state index contributed by atoms with van der Waals surface area (Å²) in [6.45, 7) is 4.33. The normalized spacial score (nSPS) is 11.2. The Balaban J connectivity index is 1.95. The van der Waals surface area contributed by atoms with E-state index in [0.717, 1.165) is 12.8 Å². The molecule has 1 amide bonds. The Morgan fingerprint density at radius 3 is 2.09 bits per heavy atom. The van der Waals surface area contributed by atoms with Crippen LogP contribution in [-0.2, 0) is 9.53 Å². The molecule has 0 aliphatic heterocycles. The van der Waals surface area contributed by atoms with Crippen molar-refractivity contribution in [3.63, 3.8) is 0 Å². The van der Waals surface area contributed by atoms with E-state index in [1.807, 2.05) is 6.92 Å². The number of esters is 2. The van der Waals surface area contributed by atoms with E-state index in [9.17, 15) is 14.4 Å². The van der Waals surface area contributed by atoms with Gasteiger partial charge in [0.25, 0.3) is 5.91 Å². The van der Waals surface area contributed by atoms with Crippen LogP contribution in [0.15, 0.2) is 53.5 Å². The van der Waals surface area contributed by atoms with Gasteiger partial charge in [0, 0.05) is 6.54 Å². The molecule has 0 spiro atoms. The zero-order valence-electron chi connectivity index (χ0n) is 18.2. The molecular formula is C23H28N4O5. The number of nitrogens with zero attached hydrogens (tertiary/aromatic N) is 1. The monoisotopic (exact) mass is 440 g/mol. The van der Waals surface area contributed by atoms with Gasteiger partial charge in [-0.15, -0.1) is 0 Å². The van der Waals surface area contributed by atoms with Crippen LogP contribution in [0, 0.1) is 0 Å². The molecule has 0 saturated heterocycles. The molecule has 0 aromatic heterocycles. The number of rotatable bonds is 10. The summed E-state index contributed by atoms with van der Waals surface area (Å²) >= 11 is 0. The molecule has 1 atom stereocenters. The lowest BCUT2D eigenvalue weighted by Gasteiger charge is -2.16. The van der Waals surface area contributed by atoms with Crippen molar-refractivity contribution >= 4 is 29.5 Å². The Labute approximate surface area is 186 Å². The van der Waals surface area contributed by atoms with Crippen molar-refractivity contribution in [3.8, 4) is 5.75 Å². The molecule has 32 heavy (non-hydrogen) atoms. The summed E-state index contributed by atoms with van der Waals surface area (Å²) in [6, 6.07) is 12.1. The van der Waals surface area contributed by atoms with Gasteiger partial charge in [-0.25, -0.2) is 14.6 Å². The summed E-state index contributed by atoms with van der Waals surface area (Å²) in [6.07, 6.45) is 1.31. The summed E-state index contributed by atoms with van der Waals surface area (Å²) < 4.78 is 10.6. The molecule has 2 aromatic carbocycles. The first kappa shape index (κ1) is 24.4. The number of hydrogen-bond donors (Lipinski definition) is 3. The maximum atomic E-state index is 12.4. The Hall–Kier alpha value is -3.88. The van der Waals surface area contributed by atoms with Crippen LogP contribution in [0.2, 0.25) is 0 Å². The number of nitrogens with two attached hydrogens (primary N) is 2. The van der Waals surface area contributed by atoms with Crippen molar-refractivity contribution in [2.75, 3.05) is 6.54 Å². The summed E-state index contributed by atoms with van der Waals surface area (Å²) in [5.74, 6) is -1.35. The lowest BCUT2D eigenvalue weighted by Crippen LogP contribution is -2.37. The van der Waals surface area contributed by atoms with Gasteiger partial charge in [0.15, 0.2) is 12.1 Å². The first-order chi connectivity index (χ1) is 15.3. The van der Waals surface area contributed by atoms with Crippen molar-refractivity contribution < 1.29 is 23.9 Å². The van der Waals surface area contributed by atoms with Crippen molar-refractivity contribution in [2.24, 2.45) is 16.5 Å². The molecule has 0 heterocycles. The summed E-state index contributed by atoms with van der Waals surface area (Å²) in [4.78, 5) is 40.7. The molecule has 9 heteroatoms. The van der Waals surface area contributed by atoms with Crippen LogP contribution in [-0.4, -0.2) is 36.5 Å². The van der Waals surface area contributed by atoms with Gasteiger partial charge in [-0.1, -0.05) is 20.3 Å². The minimum atomic E-state index is -0.862. The number of aliphatic imine (C=N–C) groups is 1. The number of carbonyl (C=O) groups is 3. The van der Waals surface area contributed by atoms with Crippen molar-refractivity contribution in [1.82, 2.24) is 5.32 Å². The maximum absolute atomic E-state index is 12.4. The van der Waals surface area contributed by atoms with Crippen LogP contribution >= 0.6 is 0 Å². The lowest BCUT2D eigenvalue weighted by molar-refractivity contribution is -0.130. The summed E-state index contributed by atoms with van der Waals surface area (Å²) in [5.41, 5.74) is 11.7. The van der Waals surface area contributed by atoms with E-state index < -0.39 is 18.0 Å². The van der Waals surface area contributed by atoms with Crippen LogP contribution in [0.1, 0.15) is 53.8 Å². The van der Waals surface area contributed by atoms with Gasteiger partial charge in [0.1, 0.15) is 5.75 Å². The molecule has 5 N–H and O–H groups in total. The molecular weight excluding hydrogens is 412 g/mol. The van der Waals surface area contributed by atoms with Crippen molar-refractivity contribution in [3.05, 3.63) is 59.7 Å². The predicted molar refractivity (Wildman–Crippen MR) is 121 cm³/mol. The zero-order chi connectivity index (χ0) is 23.5. The average molecular weight is 441 g/mol. The van der Waals surface area contributed by atoms with Crippen LogP contribution in [0.3, 0.4) is 0 Å². The standard InChI is InChI=1S/C23H28N4O5/c1-3-5-14-26-20(28)19(4-2)32-22(30)16-8-12-18(13-9-16)31-21(29)15-6-10-17(11-7-15)27-23(24)25/h6-13,19H,3-5,14H2,1-2H3,(H,26,28)(H4,24,25,27). The number of carbonyl (C=O) groups excluding carboxylic acids is 3. The molecule has 0 aliphatic rings. The van der Waals surface area contributed by atoms with E-state index in [-0.39, 0.29) is 23.2 Å². The van der Waals surface area contributed by atoms with E-state index in [1.54, 1.807) is 19.1 Å². The largest absolute Gasteiger partial charge is 0.449 e. The SMILES string of the molecule is CCCCNC(=O)C(CC)OC(=O)c1ccc(OC(=O)c2ccc(N=C(N)N)cc2)cc1. The number of benzene rings is 2. The van der Waals surface area contributed by atoms with E-state index in [1.165, 1.54) is 36.4 Å².